The Balaban J connectivity index is 0.000000968. The molecule has 0 spiro atoms. The van der Waals surface area contributed by atoms with Crippen molar-refractivity contribution in [1.82, 2.24) is 20.1 Å². The van der Waals surface area contributed by atoms with Gasteiger partial charge in [-0.25, -0.2) is 0 Å². The maximum atomic E-state index is 12.4. The molecule has 4 rings (SSSR count). The molecule has 9 heteroatoms. The molecule has 0 fully saturated rings. The molecule has 1 atom stereocenters. The molecule has 2 heterocycles. The smallest absolute Gasteiger partial charge is 0.222 e. The van der Waals surface area contributed by atoms with E-state index >= 15 is 0 Å². The number of benzene rings is 2. The van der Waals surface area contributed by atoms with Crippen molar-refractivity contribution >= 4 is 23.2 Å². The number of nitriles is 1. The van der Waals surface area contributed by atoms with E-state index in [1.165, 1.54) is 6.92 Å². The van der Waals surface area contributed by atoms with Crippen LogP contribution in [0.5, 0.6) is 5.75 Å². The number of halogens is 1. The predicted molar refractivity (Wildman–Crippen MR) is 127 cm³/mol. The van der Waals surface area contributed by atoms with Crippen LogP contribution in [0.1, 0.15) is 49.1 Å². The monoisotopic (exact) mass is 464 g/mol. The molecule has 3 aromatic rings. The SMILES string of the molecule is CC#N.CCNC(=O)C[C@@H]1N=C(c2ccc(Cl)cc2)c2cc(OC)ccc2-n2c(C)nnc21. The van der Waals surface area contributed by atoms with Crippen molar-refractivity contribution in [2.24, 2.45) is 4.99 Å². The minimum Gasteiger partial charge on any atom is -0.497 e. The summed E-state index contributed by atoms with van der Waals surface area (Å²) < 4.78 is 7.43. The first-order valence-electron chi connectivity index (χ1n) is 10.4. The first kappa shape index (κ1) is 24.0. The Morgan fingerprint density at radius 3 is 2.58 bits per heavy atom. The van der Waals surface area contributed by atoms with Crippen molar-refractivity contribution in [1.29, 1.82) is 5.26 Å². The normalized spacial score (nSPS) is 13.8. The third-order valence-corrected chi connectivity index (χ3v) is 5.25. The molecule has 0 aliphatic carbocycles. The zero-order valence-corrected chi connectivity index (χ0v) is 19.7. The van der Waals surface area contributed by atoms with Gasteiger partial charge in [0.2, 0.25) is 5.91 Å². The maximum absolute atomic E-state index is 12.4. The summed E-state index contributed by atoms with van der Waals surface area (Å²) in [5, 5.41) is 19.4. The van der Waals surface area contributed by atoms with Gasteiger partial charge >= 0.3 is 0 Å². The molecule has 1 amide bonds. The number of aryl methyl sites for hydroxylation is 1. The summed E-state index contributed by atoms with van der Waals surface area (Å²) in [5.41, 5.74) is 3.41. The van der Waals surface area contributed by atoms with Crippen LogP contribution in [0.15, 0.2) is 47.5 Å². The fourth-order valence-corrected chi connectivity index (χ4v) is 3.75. The van der Waals surface area contributed by atoms with Gasteiger partial charge in [0.25, 0.3) is 0 Å². The molecule has 170 valence electrons. The predicted octanol–water partition coefficient (Wildman–Crippen LogP) is 4.19. The molecular weight excluding hydrogens is 440 g/mol. The van der Waals surface area contributed by atoms with E-state index in [-0.39, 0.29) is 12.3 Å². The number of ether oxygens (including phenoxy) is 1. The molecule has 2 aromatic carbocycles. The number of carbonyl (C=O) groups excluding carboxylic acids is 1. The summed E-state index contributed by atoms with van der Waals surface area (Å²) in [4.78, 5) is 17.4. The molecule has 0 saturated carbocycles. The standard InChI is InChI=1S/C22H22ClN5O2.C2H3N/c1-4-24-20(29)12-18-22-27-26-13(2)28(22)19-10-9-16(30-3)11-17(19)21(25-18)14-5-7-15(23)8-6-14;1-2-3/h5-11,18H,4,12H2,1-3H3,(H,24,29);1H3/t18-;/m0./s1. The molecule has 0 radical (unpaired) electrons. The van der Waals surface area contributed by atoms with Gasteiger partial charge in [0.15, 0.2) is 5.82 Å². The summed E-state index contributed by atoms with van der Waals surface area (Å²) in [7, 11) is 1.63. The van der Waals surface area contributed by atoms with Crippen LogP contribution in [0, 0.1) is 18.3 Å². The van der Waals surface area contributed by atoms with Crippen LogP contribution in [0.2, 0.25) is 5.02 Å². The lowest BCUT2D eigenvalue weighted by Gasteiger charge is -2.14. The second-order valence-electron chi connectivity index (χ2n) is 7.21. The maximum Gasteiger partial charge on any atom is 0.222 e. The zero-order chi connectivity index (χ0) is 24.0. The number of aliphatic imine (C=N–C) groups is 1. The lowest BCUT2D eigenvalue weighted by molar-refractivity contribution is -0.121. The van der Waals surface area contributed by atoms with Gasteiger partial charge in [-0.15, -0.1) is 10.2 Å². The molecule has 1 aromatic heterocycles. The van der Waals surface area contributed by atoms with Crippen LogP contribution in [-0.4, -0.2) is 40.0 Å². The molecule has 33 heavy (non-hydrogen) atoms. The van der Waals surface area contributed by atoms with E-state index in [9.17, 15) is 4.79 Å². The summed E-state index contributed by atoms with van der Waals surface area (Å²) >= 11 is 6.10. The Morgan fingerprint density at radius 1 is 1.24 bits per heavy atom. The van der Waals surface area contributed by atoms with Gasteiger partial charge in [-0.3, -0.25) is 14.4 Å². The molecular formula is C24H25ClN6O2. The molecule has 0 saturated heterocycles. The number of hydrogen-bond donors (Lipinski definition) is 1. The molecule has 8 nitrogen and oxygen atoms in total. The number of aromatic nitrogens is 3. The molecule has 1 aliphatic rings. The average Bonchev–Trinajstić information content (AvgIpc) is 3.12. The molecule has 0 unspecified atom stereocenters. The van der Waals surface area contributed by atoms with Crippen molar-refractivity contribution in [2.45, 2.75) is 33.2 Å². The minimum atomic E-state index is -0.484. The van der Waals surface area contributed by atoms with E-state index in [1.54, 1.807) is 13.2 Å². The van der Waals surface area contributed by atoms with Crippen molar-refractivity contribution < 1.29 is 9.53 Å². The molecule has 1 aliphatic heterocycles. The highest BCUT2D eigenvalue weighted by molar-refractivity contribution is 6.30. The van der Waals surface area contributed by atoms with E-state index in [0.29, 0.717) is 23.1 Å². The first-order valence-corrected chi connectivity index (χ1v) is 10.8. The van der Waals surface area contributed by atoms with Crippen LogP contribution >= 0.6 is 11.6 Å². The highest BCUT2D eigenvalue weighted by atomic mass is 35.5. The second-order valence-corrected chi connectivity index (χ2v) is 7.64. The third kappa shape index (κ3) is 5.21. The van der Waals surface area contributed by atoms with Crippen LogP contribution in [0.25, 0.3) is 5.69 Å². The number of hydrogen-bond acceptors (Lipinski definition) is 6. The van der Waals surface area contributed by atoms with Gasteiger partial charge in [-0.1, -0.05) is 23.7 Å². The summed E-state index contributed by atoms with van der Waals surface area (Å²) in [6.45, 7) is 5.77. The highest BCUT2D eigenvalue weighted by Crippen LogP contribution is 2.34. The van der Waals surface area contributed by atoms with Gasteiger partial charge in [0.1, 0.15) is 17.6 Å². The van der Waals surface area contributed by atoms with Crippen LogP contribution in [0.4, 0.5) is 0 Å². The van der Waals surface area contributed by atoms with E-state index in [0.717, 1.165) is 28.4 Å². The fraction of sp³-hybridized carbons (Fsp3) is 0.292. The Morgan fingerprint density at radius 2 is 1.94 bits per heavy atom. The summed E-state index contributed by atoms with van der Waals surface area (Å²) in [6, 6.07) is 14.6. The van der Waals surface area contributed by atoms with E-state index in [2.05, 4.69) is 15.5 Å². The van der Waals surface area contributed by atoms with Gasteiger partial charge in [0, 0.05) is 29.6 Å². The zero-order valence-electron chi connectivity index (χ0n) is 19.0. The van der Waals surface area contributed by atoms with E-state index in [4.69, 9.17) is 26.6 Å². The number of amides is 1. The van der Waals surface area contributed by atoms with Crippen molar-refractivity contribution in [2.75, 3.05) is 13.7 Å². The number of rotatable bonds is 5. The molecule has 0 bridgehead atoms. The van der Waals surface area contributed by atoms with E-state index < -0.39 is 6.04 Å². The summed E-state index contributed by atoms with van der Waals surface area (Å²) in [6.07, 6.45) is 0.175. The quantitative estimate of drug-likeness (QED) is 0.609. The van der Waals surface area contributed by atoms with Gasteiger partial charge in [0.05, 0.1) is 31.0 Å². The van der Waals surface area contributed by atoms with Gasteiger partial charge in [-0.05, 0) is 44.2 Å². The van der Waals surface area contributed by atoms with Gasteiger partial charge < -0.3 is 10.1 Å². The van der Waals surface area contributed by atoms with Crippen molar-refractivity contribution in [3.63, 3.8) is 0 Å². The Bertz CT molecular complexity index is 1210. The van der Waals surface area contributed by atoms with Crippen LogP contribution in [0.3, 0.4) is 0 Å². The largest absolute Gasteiger partial charge is 0.497 e. The van der Waals surface area contributed by atoms with Crippen LogP contribution < -0.4 is 10.1 Å². The minimum absolute atomic E-state index is 0.0857. The average molecular weight is 465 g/mol. The number of methoxy groups -OCH3 is 1. The molecule has 1 N–H and O–H groups in total. The summed E-state index contributed by atoms with van der Waals surface area (Å²) in [5.74, 6) is 1.99. The number of nitrogens with one attached hydrogen (secondary N) is 1. The lowest BCUT2D eigenvalue weighted by Crippen LogP contribution is -2.25. The highest BCUT2D eigenvalue weighted by Gasteiger charge is 2.29. The van der Waals surface area contributed by atoms with Crippen molar-refractivity contribution in [3.05, 3.63) is 70.3 Å². The third-order valence-electron chi connectivity index (χ3n) is 5.00. The fourth-order valence-electron chi connectivity index (χ4n) is 3.62. The lowest BCUT2D eigenvalue weighted by atomic mass is 10.00. The number of fused-ring (bicyclic) bond motifs is 3. The first-order chi connectivity index (χ1) is 15.9. The number of carbonyl (C=O) groups is 1. The van der Waals surface area contributed by atoms with Crippen LogP contribution in [-0.2, 0) is 4.79 Å². The number of nitrogens with zero attached hydrogens (tertiary/aromatic N) is 5. The van der Waals surface area contributed by atoms with E-state index in [1.807, 2.05) is 60.9 Å². The topological polar surface area (TPSA) is 105 Å². The second kappa shape index (κ2) is 10.7. The van der Waals surface area contributed by atoms with Gasteiger partial charge in [-0.2, -0.15) is 5.26 Å². The Hall–Kier alpha value is -3.70. The van der Waals surface area contributed by atoms with Crippen molar-refractivity contribution in [3.8, 4) is 17.5 Å². The Labute approximate surface area is 197 Å². The Kier molecular flexibility index (Phi) is 7.80.